The molecule has 3 heteroatoms. The summed E-state index contributed by atoms with van der Waals surface area (Å²) >= 11 is 0. The van der Waals surface area contributed by atoms with Crippen LogP contribution in [0.5, 0.6) is 0 Å². The van der Waals surface area contributed by atoms with Gasteiger partial charge in [-0.25, -0.2) is 0 Å². The fourth-order valence-electron chi connectivity index (χ4n) is 3.71. The molecule has 0 saturated heterocycles. The number of nitrogens with zero attached hydrogens (tertiary/aromatic N) is 1. The minimum absolute atomic E-state index is 0.152. The Bertz CT molecular complexity index is 914. The van der Waals surface area contributed by atoms with Gasteiger partial charge in [0.05, 0.1) is 4.92 Å². The Morgan fingerprint density at radius 1 is 1.05 bits per heavy atom. The lowest BCUT2D eigenvalue weighted by Gasteiger charge is -2.23. The molecule has 0 N–H and O–H groups in total. The molecule has 1 unspecified atom stereocenters. The second kappa shape index (κ2) is 4.80. The number of hydrogen-bond acceptors (Lipinski definition) is 2. The van der Waals surface area contributed by atoms with Crippen molar-refractivity contribution in [2.45, 2.75) is 26.2 Å². The fraction of sp³-hybridized carbons (Fsp3) is 0.263. The van der Waals surface area contributed by atoms with Crippen LogP contribution in [0.2, 0.25) is 0 Å². The van der Waals surface area contributed by atoms with Gasteiger partial charge in [-0.3, -0.25) is 10.1 Å². The summed E-state index contributed by atoms with van der Waals surface area (Å²) in [5, 5.41) is 15.5. The molecule has 0 aromatic heterocycles. The van der Waals surface area contributed by atoms with E-state index in [1.165, 1.54) is 28.3 Å². The summed E-state index contributed by atoms with van der Waals surface area (Å²) in [5.41, 5.74) is 3.09. The summed E-state index contributed by atoms with van der Waals surface area (Å²) in [7, 11) is 0. The second-order valence-corrected chi connectivity index (χ2v) is 6.37. The van der Waals surface area contributed by atoms with E-state index in [1.807, 2.05) is 12.1 Å². The van der Waals surface area contributed by atoms with E-state index < -0.39 is 0 Å². The van der Waals surface area contributed by atoms with Gasteiger partial charge in [-0.05, 0) is 63.9 Å². The molecule has 1 aliphatic carbocycles. The Morgan fingerprint density at radius 2 is 1.82 bits per heavy atom. The topological polar surface area (TPSA) is 43.1 Å². The molecule has 3 aromatic rings. The zero-order valence-corrected chi connectivity index (χ0v) is 12.5. The summed E-state index contributed by atoms with van der Waals surface area (Å²) in [4.78, 5) is 10.6. The molecule has 4 rings (SSSR count). The lowest BCUT2D eigenvalue weighted by Crippen LogP contribution is -2.11. The van der Waals surface area contributed by atoms with Crippen LogP contribution in [-0.2, 0) is 12.8 Å². The van der Waals surface area contributed by atoms with E-state index in [1.54, 1.807) is 12.1 Å². The molecule has 110 valence electrons. The predicted octanol–water partition coefficient (Wildman–Crippen LogP) is 5.03. The third-order valence-corrected chi connectivity index (χ3v) is 4.88. The average Bonchev–Trinajstić information content (AvgIpc) is 2.53. The summed E-state index contributed by atoms with van der Waals surface area (Å²) in [6.45, 7) is 2.31. The predicted molar refractivity (Wildman–Crippen MR) is 89.3 cm³/mol. The van der Waals surface area contributed by atoms with Gasteiger partial charge in [0.1, 0.15) is 0 Å². The minimum atomic E-state index is -0.335. The van der Waals surface area contributed by atoms with E-state index in [0.29, 0.717) is 0 Å². The number of hydrogen-bond donors (Lipinski definition) is 0. The van der Waals surface area contributed by atoms with Crippen LogP contribution >= 0.6 is 0 Å². The van der Waals surface area contributed by atoms with Crippen LogP contribution in [0.4, 0.5) is 5.69 Å². The van der Waals surface area contributed by atoms with Crippen LogP contribution in [0.25, 0.3) is 21.5 Å². The normalized spacial score (nSPS) is 17.6. The van der Waals surface area contributed by atoms with Crippen LogP contribution in [0.3, 0.4) is 0 Å². The van der Waals surface area contributed by atoms with Crippen LogP contribution in [-0.4, -0.2) is 4.92 Å². The molecule has 0 bridgehead atoms. The maximum Gasteiger partial charge on any atom is 0.270 e. The molecule has 0 saturated carbocycles. The van der Waals surface area contributed by atoms with Crippen LogP contribution in [0, 0.1) is 16.0 Å². The maximum atomic E-state index is 10.9. The zero-order chi connectivity index (χ0) is 15.3. The third-order valence-electron chi connectivity index (χ3n) is 4.88. The van der Waals surface area contributed by atoms with Gasteiger partial charge in [0.15, 0.2) is 0 Å². The van der Waals surface area contributed by atoms with Crippen LogP contribution in [0.15, 0.2) is 42.5 Å². The van der Waals surface area contributed by atoms with Crippen molar-refractivity contribution in [1.82, 2.24) is 0 Å². The second-order valence-electron chi connectivity index (χ2n) is 6.37. The number of non-ortho nitro benzene ring substituents is 1. The highest BCUT2D eigenvalue weighted by Gasteiger charge is 2.18. The molecule has 3 aromatic carbocycles. The lowest BCUT2D eigenvalue weighted by atomic mass is 9.82. The largest absolute Gasteiger partial charge is 0.270 e. The first kappa shape index (κ1) is 13.3. The van der Waals surface area contributed by atoms with Crippen molar-refractivity contribution < 1.29 is 4.92 Å². The van der Waals surface area contributed by atoms with Crippen molar-refractivity contribution in [2.24, 2.45) is 5.92 Å². The molecule has 0 radical (unpaired) electrons. The minimum Gasteiger partial charge on any atom is -0.258 e. The number of benzene rings is 3. The molecular weight excluding hydrogens is 274 g/mol. The van der Waals surface area contributed by atoms with Crippen molar-refractivity contribution in [2.75, 3.05) is 0 Å². The molecule has 0 fully saturated rings. The van der Waals surface area contributed by atoms with Gasteiger partial charge < -0.3 is 0 Å². The van der Waals surface area contributed by atoms with E-state index in [0.717, 1.165) is 29.5 Å². The third kappa shape index (κ3) is 1.97. The van der Waals surface area contributed by atoms with Crippen molar-refractivity contribution in [3.05, 3.63) is 63.7 Å². The zero-order valence-electron chi connectivity index (χ0n) is 12.5. The molecule has 22 heavy (non-hydrogen) atoms. The standard InChI is InChI=1S/C19H17NO2/c1-12-2-6-16-13(10-12)3-7-19-17-9-5-15(20(21)22)11-14(17)4-8-18(16)19/h3-5,7-9,11-12H,2,6,10H2,1H3. The first-order valence-electron chi connectivity index (χ1n) is 7.75. The number of aryl methyl sites for hydroxylation is 1. The van der Waals surface area contributed by atoms with Crippen molar-refractivity contribution in [3.8, 4) is 0 Å². The first-order chi connectivity index (χ1) is 10.6. The Labute approximate surface area is 128 Å². The van der Waals surface area contributed by atoms with Crippen LogP contribution in [0.1, 0.15) is 24.5 Å². The molecule has 3 nitrogen and oxygen atoms in total. The average molecular weight is 291 g/mol. The Kier molecular flexibility index (Phi) is 2.89. The monoisotopic (exact) mass is 291 g/mol. The van der Waals surface area contributed by atoms with E-state index in [2.05, 4.69) is 25.1 Å². The molecule has 0 heterocycles. The summed E-state index contributed by atoms with van der Waals surface area (Å²) in [6, 6.07) is 13.7. The van der Waals surface area contributed by atoms with E-state index >= 15 is 0 Å². The SMILES string of the molecule is CC1CCc2c(ccc3c2ccc2cc([N+](=O)[O-])ccc23)C1. The Morgan fingerprint density at radius 3 is 2.64 bits per heavy atom. The molecule has 0 amide bonds. The molecule has 1 atom stereocenters. The molecule has 0 aliphatic heterocycles. The van der Waals surface area contributed by atoms with Crippen molar-refractivity contribution in [1.29, 1.82) is 0 Å². The smallest absolute Gasteiger partial charge is 0.258 e. The van der Waals surface area contributed by atoms with E-state index in [9.17, 15) is 10.1 Å². The quantitative estimate of drug-likeness (QED) is 0.358. The van der Waals surface area contributed by atoms with Crippen molar-refractivity contribution in [3.63, 3.8) is 0 Å². The number of nitro benzene ring substituents is 1. The summed E-state index contributed by atoms with van der Waals surface area (Å²) in [5.74, 6) is 0.757. The van der Waals surface area contributed by atoms with Gasteiger partial charge in [-0.1, -0.05) is 31.2 Å². The number of rotatable bonds is 1. The van der Waals surface area contributed by atoms with Crippen LogP contribution < -0.4 is 0 Å². The summed E-state index contributed by atoms with van der Waals surface area (Å²) in [6.07, 6.45) is 3.53. The summed E-state index contributed by atoms with van der Waals surface area (Å²) < 4.78 is 0. The van der Waals surface area contributed by atoms with Gasteiger partial charge >= 0.3 is 0 Å². The van der Waals surface area contributed by atoms with E-state index in [4.69, 9.17) is 0 Å². The molecule has 1 aliphatic rings. The van der Waals surface area contributed by atoms with Gasteiger partial charge in [0.2, 0.25) is 0 Å². The van der Waals surface area contributed by atoms with Crippen molar-refractivity contribution >= 4 is 27.2 Å². The number of fused-ring (bicyclic) bond motifs is 5. The van der Waals surface area contributed by atoms with Gasteiger partial charge in [-0.15, -0.1) is 0 Å². The molecular formula is C19H17NO2. The van der Waals surface area contributed by atoms with Gasteiger partial charge in [0.25, 0.3) is 5.69 Å². The molecule has 0 spiro atoms. The highest BCUT2D eigenvalue weighted by atomic mass is 16.6. The fourth-order valence-corrected chi connectivity index (χ4v) is 3.71. The van der Waals surface area contributed by atoms with Gasteiger partial charge in [-0.2, -0.15) is 0 Å². The van der Waals surface area contributed by atoms with Gasteiger partial charge in [0, 0.05) is 12.1 Å². The highest BCUT2D eigenvalue weighted by molar-refractivity contribution is 6.09. The number of nitro groups is 1. The van der Waals surface area contributed by atoms with E-state index in [-0.39, 0.29) is 10.6 Å². The lowest BCUT2D eigenvalue weighted by molar-refractivity contribution is -0.384. The maximum absolute atomic E-state index is 10.9. The Hall–Kier alpha value is -2.42. The Balaban J connectivity index is 1.99. The first-order valence-corrected chi connectivity index (χ1v) is 7.75. The highest BCUT2D eigenvalue weighted by Crippen LogP contribution is 2.35.